The fourth-order valence-electron chi connectivity index (χ4n) is 3.23. The van der Waals surface area contributed by atoms with Gasteiger partial charge in [0, 0.05) is 12.3 Å². The highest BCUT2D eigenvalue weighted by molar-refractivity contribution is 6.11. The predicted octanol–water partition coefficient (Wildman–Crippen LogP) is 1.56. The molecule has 0 saturated carbocycles. The Balaban J connectivity index is 1.88. The van der Waals surface area contributed by atoms with E-state index in [0.717, 1.165) is 31.5 Å². The number of carbonyl (C=O) groups excluding carboxylic acids is 1. The van der Waals surface area contributed by atoms with Gasteiger partial charge in [0.25, 0.3) is 0 Å². The fourth-order valence-corrected chi connectivity index (χ4v) is 3.23. The molecule has 4 nitrogen and oxygen atoms in total. The fraction of sp³-hybridized carbons (Fsp3) is 0.467. The molecule has 0 atom stereocenters. The van der Waals surface area contributed by atoms with Gasteiger partial charge in [-0.1, -0.05) is 30.3 Å². The van der Waals surface area contributed by atoms with Gasteiger partial charge in [-0.15, -0.1) is 0 Å². The molecular weight excluding hydrogens is 238 g/mol. The first-order valence-corrected chi connectivity index (χ1v) is 6.85. The number of piperidine rings is 1. The first kappa shape index (κ1) is 12.4. The van der Waals surface area contributed by atoms with Crippen LogP contribution in [0.5, 0.6) is 0 Å². The molecule has 0 bridgehead atoms. The van der Waals surface area contributed by atoms with Crippen LogP contribution in [0.4, 0.5) is 0 Å². The minimum atomic E-state index is -0.321. The largest absolute Gasteiger partial charge is 0.327 e. The number of carbonyl (C=O) groups is 1. The maximum Gasteiger partial charge on any atom is 0.229 e. The molecule has 0 aromatic heterocycles. The van der Waals surface area contributed by atoms with Crippen LogP contribution in [-0.2, 0) is 11.3 Å². The zero-order valence-electron chi connectivity index (χ0n) is 11.0. The third-order valence-corrected chi connectivity index (χ3v) is 4.32. The zero-order chi connectivity index (χ0) is 13.3. The number of amides is 1. The van der Waals surface area contributed by atoms with E-state index in [1.54, 1.807) is 0 Å². The molecule has 2 saturated heterocycles. The molecule has 0 radical (unpaired) electrons. The molecule has 4 heteroatoms. The maximum atomic E-state index is 12.2. The van der Waals surface area contributed by atoms with Crippen LogP contribution in [0.1, 0.15) is 24.8 Å². The van der Waals surface area contributed by atoms with Crippen molar-refractivity contribution in [3.05, 3.63) is 35.9 Å². The summed E-state index contributed by atoms with van der Waals surface area (Å²) in [7, 11) is 0. The van der Waals surface area contributed by atoms with Gasteiger partial charge in [-0.3, -0.25) is 4.79 Å². The Morgan fingerprint density at radius 2 is 1.89 bits per heavy atom. The van der Waals surface area contributed by atoms with Crippen LogP contribution in [-0.4, -0.2) is 35.1 Å². The predicted molar refractivity (Wildman–Crippen MR) is 74.2 cm³/mol. The van der Waals surface area contributed by atoms with E-state index in [4.69, 9.17) is 5.41 Å². The summed E-state index contributed by atoms with van der Waals surface area (Å²) in [6.07, 6.45) is 2.03. The van der Waals surface area contributed by atoms with E-state index in [1.165, 1.54) is 0 Å². The Morgan fingerprint density at radius 3 is 2.58 bits per heavy atom. The van der Waals surface area contributed by atoms with E-state index < -0.39 is 0 Å². The van der Waals surface area contributed by atoms with Gasteiger partial charge in [-0.25, -0.2) is 0 Å². The molecule has 2 aliphatic rings. The van der Waals surface area contributed by atoms with Crippen LogP contribution in [0.2, 0.25) is 0 Å². The van der Waals surface area contributed by atoms with E-state index in [2.05, 4.69) is 5.32 Å². The third kappa shape index (κ3) is 2.06. The summed E-state index contributed by atoms with van der Waals surface area (Å²) >= 11 is 0. The first-order valence-electron chi connectivity index (χ1n) is 6.85. The molecule has 100 valence electrons. The molecule has 2 heterocycles. The van der Waals surface area contributed by atoms with E-state index in [9.17, 15) is 4.79 Å². The summed E-state index contributed by atoms with van der Waals surface area (Å²) in [5.41, 5.74) is 1.43. The van der Waals surface area contributed by atoms with Crippen LogP contribution in [0, 0.1) is 5.41 Å². The molecular formula is C15H19N3O. The summed E-state index contributed by atoms with van der Waals surface area (Å²) in [4.78, 5) is 14.2. The Bertz CT molecular complexity index is 491. The van der Waals surface area contributed by atoms with Gasteiger partial charge in [0.05, 0.1) is 12.0 Å². The lowest BCUT2D eigenvalue weighted by atomic mass is 9.84. The van der Waals surface area contributed by atoms with Crippen LogP contribution in [0.3, 0.4) is 0 Å². The summed E-state index contributed by atoms with van der Waals surface area (Å²) < 4.78 is 0. The van der Waals surface area contributed by atoms with Crippen molar-refractivity contribution < 1.29 is 4.79 Å². The van der Waals surface area contributed by atoms with E-state index >= 15 is 0 Å². The Kier molecular flexibility index (Phi) is 3.11. The summed E-state index contributed by atoms with van der Waals surface area (Å²) in [5, 5.41) is 11.5. The van der Waals surface area contributed by atoms with Crippen LogP contribution in [0.25, 0.3) is 0 Å². The van der Waals surface area contributed by atoms with Crippen LogP contribution in [0.15, 0.2) is 30.3 Å². The van der Waals surface area contributed by atoms with Gasteiger partial charge in [0.1, 0.15) is 0 Å². The average Bonchev–Trinajstić information content (AvgIpc) is 2.66. The molecule has 19 heavy (non-hydrogen) atoms. The average molecular weight is 257 g/mol. The first-order chi connectivity index (χ1) is 9.22. The van der Waals surface area contributed by atoms with Crippen molar-refractivity contribution in [3.63, 3.8) is 0 Å². The van der Waals surface area contributed by atoms with Crippen molar-refractivity contribution >= 4 is 11.6 Å². The van der Waals surface area contributed by atoms with Crippen molar-refractivity contribution in [1.82, 2.24) is 10.2 Å². The Morgan fingerprint density at radius 1 is 1.21 bits per heavy atom. The second-order valence-electron chi connectivity index (χ2n) is 5.40. The van der Waals surface area contributed by atoms with Crippen molar-refractivity contribution in [1.29, 1.82) is 5.41 Å². The van der Waals surface area contributed by atoms with Crippen LogP contribution >= 0.6 is 0 Å². The van der Waals surface area contributed by atoms with Crippen LogP contribution < -0.4 is 5.32 Å². The number of rotatable bonds is 2. The number of likely N-dealkylation sites (tertiary alicyclic amines) is 1. The molecule has 1 aromatic carbocycles. The van der Waals surface area contributed by atoms with Gasteiger partial charge in [0.15, 0.2) is 0 Å². The smallest absolute Gasteiger partial charge is 0.229 e. The highest BCUT2D eigenvalue weighted by Crippen LogP contribution is 2.36. The number of hydrogen-bond acceptors (Lipinski definition) is 3. The third-order valence-electron chi connectivity index (χ3n) is 4.32. The molecule has 0 aliphatic carbocycles. The number of hydrogen-bond donors (Lipinski definition) is 2. The van der Waals surface area contributed by atoms with Gasteiger partial charge in [-0.05, 0) is 31.5 Å². The molecule has 2 N–H and O–H groups in total. The normalized spacial score (nSPS) is 22.2. The second kappa shape index (κ2) is 4.78. The minimum absolute atomic E-state index is 0.107. The Labute approximate surface area is 113 Å². The number of benzene rings is 1. The number of nitrogens with zero attached hydrogens (tertiary/aromatic N) is 1. The van der Waals surface area contributed by atoms with Gasteiger partial charge < -0.3 is 15.6 Å². The molecule has 3 rings (SSSR count). The highest BCUT2D eigenvalue weighted by Gasteiger charge is 2.49. The minimum Gasteiger partial charge on any atom is -0.327 e. The second-order valence-corrected chi connectivity index (χ2v) is 5.40. The lowest BCUT2D eigenvalue weighted by Crippen LogP contribution is -2.55. The van der Waals surface area contributed by atoms with E-state index in [1.807, 2.05) is 35.2 Å². The topological polar surface area (TPSA) is 56.2 Å². The molecule has 2 fully saturated rings. The highest BCUT2D eigenvalue weighted by atomic mass is 16.2. The molecule has 2 aliphatic heterocycles. The number of nitrogens with one attached hydrogen (secondary N) is 2. The summed E-state index contributed by atoms with van der Waals surface area (Å²) in [5.74, 6) is 0.107. The summed E-state index contributed by atoms with van der Waals surface area (Å²) in [6.45, 7) is 2.41. The quantitative estimate of drug-likeness (QED) is 0.844. The lowest BCUT2D eigenvalue weighted by Gasteiger charge is -2.41. The molecule has 1 aromatic rings. The van der Waals surface area contributed by atoms with E-state index in [0.29, 0.717) is 18.7 Å². The van der Waals surface area contributed by atoms with Gasteiger partial charge in [0.2, 0.25) is 5.91 Å². The summed E-state index contributed by atoms with van der Waals surface area (Å²) in [6, 6.07) is 10.1. The van der Waals surface area contributed by atoms with Gasteiger partial charge in [-0.2, -0.15) is 0 Å². The maximum absolute atomic E-state index is 12.2. The monoisotopic (exact) mass is 257 g/mol. The molecule has 0 unspecified atom stereocenters. The lowest BCUT2D eigenvalue weighted by molar-refractivity contribution is -0.132. The molecule has 1 amide bonds. The molecule has 1 spiro atoms. The Hall–Kier alpha value is -1.68. The van der Waals surface area contributed by atoms with Crippen molar-refractivity contribution in [3.8, 4) is 0 Å². The SMILES string of the molecule is N=C1CC(=O)N(Cc2ccccc2)C12CCNCC2. The van der Waals surface area contributed by atoms with Crippen molar-refractivity contribution in [2.75, 3.05) is 13.1 Å². The van der Waals surface area contributed by atoms with Crippen molar-refractivity contribution in [2.24, 2.45) is 0 Å². The zero-order valence-corrected chi connectivity index (χ0v) is 11.0. The van der Waals surface area contributed by atoms with Gasteiger partial charge >= 0.3 is 0 Å². The van der Waals surface area contributed by atoms with Crippen molar-refractivity contribution in [2.45, 2.75) is 31.3 Å². The standard InChI is InChI=1S/C15H19N3O/c16-13-10-14(19)18(11-12-4-2-1-3-5-12)15(13)6-8-17-9-7-15/h1-5,16-17H,6-11H2. The van der Waals surface area contributed by atoms with E-state index in [-0.39, 0.29) is 11.4 Å².